The van der Waals surface area contributed by atoms with Crippen LogP contribution in [0.2, 0.25) is 0 Å². The lowest BCUT2D eigenvalue weighted by atomic mass is 10.0. The van der Waals surface area contributed by atoms with Crippen molar-refractivity contribution in [3.63, 3.8) is 0 Å². The van der Waals surface area contributed by atoms with Crippen molar-refractivity contribution in [1.29, 1.82) is 0 Å². The average Bonchev–Trinajstić information content (AvgIpc) is 3.23. The number of aryl methyl sites for hydroxylation is 1. The van der Waals surface area contributed by atoms with E-state index in [0.717, 1.165) is 42.9 Å². The topological polar surface area (TPSA) is 66.4 Å². The third-order valence-corrected chi connectivity index (χ3v) is 7.97. The Morgan fingerprint density at radius 2 is 1.68 bits per heavy atom. The normalized spacial score (nSPS) is 19.3. The molecule has 4 rings (SSSR count). The lowest BCUT2D eigenvalue weighted by Gasteiger charge is -2.30. The van der Waals surface area contributed by atoms with Crippen molar-refractivity contribution in [3.8, 4) is 11.3 Å². The fraction of sp³-hybridized carbons (Fsp3) is 0.524. The molecule has 3 heterocycles. The fourth-order valence-electron chi connectivity index (χ4n) is 4.00. The average molecular weight is 401 g/mol. The van der Waals surface area contributed by atoms with Crippen molar-refractivity contribution in [3.05, 3.63) is 35.9 Å². The van der Waals surface area contributed by atoms with Gasteiger partial charge in [-0.3, -0.25) is 0 Å². The van der Waals surface area contributed by atoms with Crippen LogP contribution in [0.15, 0.2) is 35.2 Å². The number of hydrogen-bond acceptors (Lipinski definition) is 5. The summed E-state index contributed by atoms with van der Waals surface area (Å²) in [5.41, 5.74) is 2.26. The molecule has 2 aliphatic heterocycles. The second-order valence-electron chi connectivity index (χ2n) is 8.04. The molecule has 150 valence electrons. The van der Waals surface area contributed by atoms with Crippen LogP contribution in [-0.4, -0.2) is 49.1 Å². The van der Waals surface area contributed by atoms with Crippen molar-refractivity contribution >= 4 is 15.8 Å². The molecule has 7 heteroatoms. The summed E-state index contributed by atoms with van der Waals surface area (Å²) in [6.07, 6.45) is 4.22. The van der Waals surface area contributed by atoms with Gasteiger partial charge in [0.25, 0.3) is 0 Å². The lowest BCUT2D eigenvalue weighted by Crippen LogP contribution is -2.38. The van der Waals surface area contributed by atoms with Gasteiger partial charge in [0.15, 0.2) is 5.82 Å². The molecule has 0 radical (unpaired) electrons. The molecule has 0 bridgehead atoms. The highest BCUT2D eigenvalue weighted by Gasteiger charge is 2.29. The molecule has 28 heavy (non-hydrogen) atoms. The maximum absolute atomic E-state index is 13.2. The van der Waals surface area contributed by atoms with E-state index in [2.05, 4.69) is 22.0 Å². The van der Waals surface area contributed by atoms with E-state index in [1.165, 1.54) is 12.8 Å². The van der Waals surface area contributed by atoms with Gasteiger partial charge in [-0.15, -0.1) is 10.2 Å². The van der Waals surface area contributed by atoms with Crippen molar-refractivity contribution in [2.24, 2.45) is 5.92 Å². The van der Waals surface area contributed by atoms with Crippen molar-refractivity contribution in [1.82, 2.24) is 14.5 Å². The van der Waals surface area contributed by atoms with Gasteiger partial charge in [-0.05, 0) is 62.3 Å². The van der Waals surface area contributed by atoms with Gasteiger partial charge < -0.3 is 4.90 Å². The van der Waals surface area contributed by atoms with Crippen molar-refractivity contribution in [2.45, 2.75) is 44.4 Å². The molecule has 6 nitrogen and oxygen atoms in total. The van der Waals surface area contributed by atoms with Crippen LogP contribution in [-0.2, 0) is 10.0 Å². The molecule has 0 atom stereocenters. The Hall–Kier alpha value is -1.99. The Bertz CT molecular complexity index is 929. The summed E-state index contributed by atoms with van der Waals surface area (Å²) >= 11 is 0. The lowest BCUT2D eigenvalue weighted by molar-refractivity contribution is 0.288. The van der Waals surface area contributed by atoms with Crippen LogP contribution < -0.4 is 4.90 Å². The quantitative estimate of drug-likeness (QED) is 0.786. The number of nitrogens with zero attached hydrogens (tertiary/aromatic N) is 4. The maximum atomic E-state index is 13.2. The highest BCUT2D eigenvalue weighted by Crippen LogP contribution is 2.29. The van der Waals surface area contributed by atoms with Gasteiger partial charge in [0.1, 0.15) is 0 Å². The van der Waals surface area contributed by atoms with Crippen LogP contribution >= 0.6 is 0 Å². The molecule has 2 aromatic rings. The standard InChI is InChI=1S/C21H28N4O2S/c1-16-9-13-25(14-10-16)28(26,27)20-15-18(6-5-17(20)2)19-7-8-21(23-22-19)24-11-3-4-12-24/h5-8,15-16H,3-4,9-14H2,1-2H3. The summed E-state index contributed by atoms with van der Waals surface area (Å²) < 4.78 is 28.0. The van der Waals surface area contributed by atoms with Crippen LogP contribution in [0.3, 0.4) is 0 Å². The monoisotopic (exact) mass is 400 g/mol. The van der Waals surface area contributed by atoms with Gasteiger partial charge in [0, 0.05) is 31.7 Å². The fourth-order valence-corrected chi connectivity index (χ4v) is 5.72. The first-order valence-electron chi connectivity index (χ1n) is 10.1. The highest BCUT2D eigenvalue weighted by molar-refractivity contribution is 7.89. The molecular formula is C21H28N4O2S. The molecule has 0 saturated carbocycles. The third kappa shape index (κ3) is 3.78. The van der Waals surface area contributed by atoms with Crippen LogP contribution in [0, 0.1) is 12.8 Å². The number of anilines is 1. The summed E-state index contributed by atoms with van der Waals surface area (Å²) in [5, 5.41) is 8.73. The predicted octanol–water partition coefficient (Wildman–Crippen LogP) is 3.47. The molecule has 1 aromatic heterocycles. The second-order valence-corrected chi connectivity index (χ2v) is 9.94. The van der Waals surface area contributed by atoms with E-state index in [1.54, 1.807) is 10.4 Å². The number of rotatable bonds is 4. The predicted molar refractivity (Wildman–Crippen MR) is 111 cm³/mol. The molecule has 0 unspecified atom stereocenters. The molecular weight excluding hydrogens is 372 g/mol. The van der Waals surface area contributed by atoms with Gasteiger partial charge in [0.2, 0.25) is 10.0 Å². The highest BCUT2D eigenvalue weighted by atomic mass is 32.2. The van der Waals surface area contributed by atoms with Crippen LogP contribution in [0.25, 0.3) is 11.3 Å². The van der Waals surface area contributed by atoms with E-state index in [1.807, 2.05) is 31.2 Å². The van der Waals surface area contributed by atoms with E-state index in [4.69, 9.17) is 0 Å². The molecule has 2 saturated heterocycles. The third-order valence-electron chi connectivity index (χ3n) is 5.92. The summed E-state index contributed by atoms with van der Waals surface area (Å²) in [5.74, 6) is 1.48. The number of sulfonamides is 1. The van der Waals surface area contributed by atoms with Crippen molar-refractivity contribution in [2.75, 3.05) is 31.1 Å². The molecule has 0 aliphatic carbocycles. The van der Waals surface area contributed by atoms with Gasteiger partial charge in [-0.1, -0.05) is 19.1 Å². The van der Waals surface area contributed by atoms with E-state index < -0.39 is 10.0 Å². The van der Waals surface area contributed by atoms with Crippen LogP contribution in [0.4, 0.5) is 5.82 Å². The Balaban J connectivity index is 1.61. The number of piperidine rings is 1. The molecule has 2 aliphatic rings. The van der Waals surface area contributed by atoms with Gasteiger partial charge in [0.05, 0.1) is 10.6 Å². The number of aromatic nitrogens is 2. The molecule has 0 N–H and O–H groups in total. The van der Waals surface area contributed by atoms with Gasteiger partial charge in [-0.25, -0.2) is 8.42 Å². The van der Waals surface area contributed by atoms with Crippen LogP contribution in [0.5, 0.6) is 0 Å². The summed E-state index contributed by atoms with van der Waals surface area (Å²) in [7, 11) is -3.49. The zero-order valence-corrected chi connectivity index (χ0v) is 17.5. The second kappa shape index (κ2) is 7.79. The Morgan fingerprint density at radius 1 is 0.964 bits per heavy atom. The van der Waals surface area contributed by atoms with E-state index in [0.29, 0.717) is 29.6 Å². The summed E-state index contributed by atoms with van der Waals surface area (Å²) in [6, 6.07) is 9.46. The molecule has 0 amide bonds. The maximum Gasteiger partial charge on any atom is 0.243 e. The SMILES string of the molecule is Cc1ccc(-c2ccc(N3CCCC3)nn2)cc1S(=O)(=O)N1CCC(C)CC1. The summed E-state index contributed by atoms with van der Waals surface area (Å²) in [4.78, 5) is 2.61. The first kappa shape index (κ1) is 19.3. The minimum atomic E-state index is -3.49. The van der Waals surface area contributed by atoms with E-state index >= 15 is 0 Å². The van der Waals surface area contributed by atoms with Crippen molar-refractivity contribution < 1.29 is 8.42 Å². The largest absolute Gasteiger partial charge is 0.355 e. The zero-order chi connectivity index (χ0) is 19.7. The number of benzene rings is 1. The number of hydrogen-bond donors (Lipinski definition) is 0. The molecule has 1 aromatic carbocycles. The summed E-state index contributed by atoms with van der Waals surface area (Å²) in [6.45, 7) is 7.27. The van der Waals surface area contributed by atoms with Crippen LogP contribution in [0.1, 0.15) is 38.2 Å². The Labute approximate surface area is 167 Å². The van der Waals surface area contributed by atoms with Gasteiger partial charge >= 0.3 is 0 Å². The molecule has 0 spiro atoms. The minimum Gasteiger partial charge on any atom is -0.355 e. The Morgan fingerprint density at radius 3 is 2.32 bits per heavy atom. The Kier molecular flexibility index (Phi) is 5.38. The smallest absolute Gasteiger partial charge is 0.243 e. The van der Waals surface area contributed by atoms with E-state index in [-0.39, 0.29) is 0 Å². The van der Waals surface area contributed by atoms with Gasteiger partial charge in [-0.2, -0.15) is 4.31 Å². The minimum absolute atomic E-state index is 0.380. The zero-order valence-electron chi connectivity index (χ0n) is 16.6. The first-order chi connectivity index (χ1) is 13.4. The van der Waals surface area contributed by atoms with E-state index in [9.17, 15) is 8.42 Å². The first-order valence-corrected chi connectivity index (χ1v) is 11.6. The molecule has 2 fully saturated rings.